The molecule has 3 heterocycles. The van der Waals surface area contributed by atoms with Crippen molar-refractivity contribution in [2.24, 2.45) is 10.9 Å². The second kappa shape index (κ2) is 10.7. The van der Waals surface area contributed by atoms with E-state index < -0.39 is 0 Å². The van der Waals surface area contributed by atoms with Crippen molar-refractivity contribution in [3.05, 3.63) is 182 Å². The molecule has 6 aromatic carbocycles. The van der Waals surface area contributed by atoms with E-state index in [2.05, 4.69) is 192 Å². The third-order valence-electron chi connectivity index (χ3n) is 10.6. The van der Waals surface area contributed by atoms with Crippen LogP contribution in [0.15, 0.2) is 181 Å². The van der Waals surface area contributed by atoms with Gasteiger partial charge in [0.25, 0.3) is 0 Å². The molecule has 0 saturated carbocycles. The molecule has 0 bridgehead atoms. The van der Waals surface area contributed by atoms with E-state index in [-0.39, 0.29) is 11.3 Å². The van der Waals surface area contributed by atoms with Gasteiger partial charge >= 0.3 is 0 Å². The van der Waals surface area contributed by atoms with Gasteiger partial charge in [0.2, 0.25) is 0 Å². The van der Waals surface area contributed by atoms with Gasteiger partial charge in [0.05, 0.1) is 27.8 Å². The molecule has 10 rings (SSSR count). The van der Waals surface area contributed by atoms with Gasteiger partial charge in [-0.25, -0.2) is 4.99 Å². The fraction of sp³-hybridized carbons (Fsp3) is 0.0652. The zero-order valence-electron chi connectivity index (χ0n) is 27.2. The number of hydrogen-bond donors (Lipinski definition) is 0. The maximum Gasteiger partial charge on any atom is 0.134 e. The van der Waals surface area contributed by atoms with Gasteiger partial charge < -0.3 is 4.57 Å². The van der Waals surface area contributed by atoms with Crippen molar-refractivity contribution in [2.75, 3.05) is 0 Å². The van der Waals surface area contributed by atoms with E-state index in [0.29, 0.717) is 0 Å². The standard InChI is InChI=1S/C46H33N3/c1-46(33-14-4-2-5-15-33)30-45(47-40-21-11-10-20-39(40)46)49-42-23-13-9-19-36(42)38-29-32(25-27-44(38)49)31-24-26-43-37(28-31)35-18-8-12-22-41(35)48(43)34-16-6-3-7-17-34/h2-30,39H,1H3. The molecule has 2 unspecified atom stereocenters. The molecule has 0 N–H and O–H groups in total. The first-order valence-corrected chi connectivity index (χ1v) is 17.0. The number of aliphatic imine (C=N–C) groups is 1. The van der Waals surface area contributed by atoms with Crippen molar-refractivity contribution in [2.45, 2.75) is 12.3 Å². The fourth-order valence-electron chi connectivity index (χ4n) is 8.25. The quantitative estimate of drug-likeness (QED) is 0.185. The van der Waals surface area contributed by atoms with Gasteiger partial charge in [-0.3, -0.25) is 4.57 Å². The van der Waals surface area contributed by atoms with Crippen LogP contribution in [-0.4, -0.2) is 14.8 Å². The van der Waals surface area contributed by atoms with Crippen molar-refractivity contribution >= 4 is 55.1 Å². The second-order valence-electron chi connectivity index (χ2n) is 13.4. The molecule has 8 aromatic rings. The molecule has 0 radical (unpaired) electrons. The molecule has 49 heavy (non-hydrogen) atoms. The number of fused-ring (bicyclic) bond motifs is 7. The van der Waals surface area contributed by atoms with Crippen molar-refractivity contribution in [1.29, 1.82) is 0 Å². The summed E-state index contributed by atoms with van der Waals surface area (Å²) >= 11 is 0. The van der Waals surface area contributed by atoms with Gasteiger partial charge in [0.15, 0.2) is 0 Å². The maximum atomic E-state index is 5.34. The predicted molar refractivity (Wildman–Crippen MR) is 206 cm³/mol. The lowest BCUT2D eigenvalue weighted by Gasteiger charge is -2.38. The van der Waals surface area contributed by atoms with E-state index in [1.54, 1.807) is 0 Å². The SMILES string of the molecule is CC1(c2ccccc2)C=C(n2c3ccccc3c3cc(-c4ccc5c(c4)c4ccccc4n5-c4ccccc4)ccc32)N=C2C=CC=CC21. The first kappa shape index (κ1) is 27.9. The summed E-state index contributed by atoms with van der Waals surface area (Å²) in [6.07, 6.45) is 11.1. The van der Waals surface area contributed by atoms with Gasteiger partial charge in [-0.05, 0) is 77.4 Å². The van der Waals surface area contributed by atoms with Gasteiger partial charge in [-0.1, -0.05) is 122 Å². The molecule has 2 atom stereocenters. The molecule has 3 nitrogen and oxygen atoms in total. The first-order valence-electron chi connectivity index (χ1n) is 17.0. The van der Waals surface area contributed by atoms with Crippen LogP contribution in [0.5, 0.6) is 0 Å². The minimum atomic E-state index is -0.249. The van der Waals surface area contributed by atoms with Crippen LogP contribution in [0.2, 0.25) is 0 Å². The maximum absolute atomic E-state index is 5.34. The van der Waals surface area contributed by atoms with Crippen LogP contribution in [0.3, 0.4) is 0 Å². The van der Waals surface area contributed by atoms with Gasteiger partial charge in [0, 0.05) is 38.6 Å². The molecule has 1 aliphatic carbocycles. The summed E-state index contributed by atoms with van der Waals surface area (Å²) in [5.41, 5.74) is 10.5. The minimum Gasteiger partial charge on any atom is -0.309 e. The lowest BCUT2D eigenvalue weighted by Crippen LogP contribution is -2.37. The Morgan fingerprint density at radius 2 is 1.08 bits per heavy atom. The minimum absolute atomic E-state index is 0.172. The molecule has 2 aromatic heterocycles. The monoisotopic (exact) mass is 627 g/mol. The van der Waals surface area contributed by atoms with Crippen LogP contribution in [0, 0.1) is 5.92 Å². The Kier molecular flexibility index (Phi) is 6.07. The smallest absolute Gasteiger partial charge is 0.134 e. The van der Waals surface area contributed by atoms with Crippen molar-refractivity contribution in [3.8, 4) is 16.8 Å². The third kappa shape index (κ3) is 4.19. The number of aromatic nitrogens is 2. The summed E-state index contributed by atoms with van der Waals surface area (Å²) in [4.78, 5) is 5.34. The topological polar surface area (TPSA) is 22.2 Å². The van der Waals surface area contributed by atoms with Crippen LogP contribution < -0.4 is 0 Å². The molecule has 1 aliphatic heterocycles. The Labute approximate surface area is 285 Å². The highest BCUT2D eigenvalue weighted by atomic mass is 15.1. The molecule has 232 valence electrons. The fourth-order valence-corrected chi connectivity index (χ4v) is 8.25. The van der Waals surface area contributed by atoms with Crippen molar-refractivity contribution < 1.29 is 0 Å². The summed E-state index contributed by atoms with van der Waals surface area (Å²) < 4.78 is 4.73. The Morgan fingerprint density at radius 3 is 1.76 bits per heavy atom. The third-order valence-corrected chi connectivity index (χ3v) is 10.6. The van der Waals surface area contributed by atoms with Crippen LogP contribution >= 0.6 is 0 Å². The molecule has 2 aliphatic rings. The van der Waals surface area contributed by atoms with Crippen LogP contribution in [0.4, 0.5) is 0 Å². The lowest BCUT2D eigenvalue weighted by atomic mass is 9.67. The summed E-state index contributed by atoms with van der Waals surface area (Å²) in [5.74, 6) is 1.14. The Balaban J connectivity index is 1.16. The summed E-state index contributed by atoms with van der Waals surface area (Å²) in [7, 11) is 0. The van der Waals surface area contributed by atoms with E-state index in [4.69, 9.17) is 4.99 Å². The number of allylic oxidation sites excluding steroid dienone is 5. The summed E-state index contributed by atoms with van der Waals surface area (Å²) in [6.45, 7) is 2.35. The number of nitrogens with zero attached hydrogens (tertiary/aromatic N) is 3. The Hall–Kier alpha value is -6.19. The van der Waals surface area contributed by atoms with E-state index in [1.807, 2.05) is 0 Å². The number of para-hydroxylation sites is 3. The molecular weight excluding hydrogens is 595 g/mol. The van der Waals surface area contributed by atoms with Crippen molar-refractivity contribution in [3.63, 3.8) is 0 Å². The van der Waals surface area contributed by atoms with Crippen LogP contribution in [0.25, 0.3) is 66.2 Å². The van der Waals surface area contributed by atoms with Crippen LogP contribution in [0.1, 0.15) is 12.5 Å². The van der Waals surface area contributed by atoms with E-state index in [9.17, 15) is 0 Å². The van der Waals surface area contributed by atoms with Gasteiger partial charge in [-0.15, -0.1) is 0 Å². The largest absolute Gasteiger partial charge is 0.309 e. The molecular formula is C46H33N3. The first-order chi connectivity index (χ1) is 24.2. The molecule has 3 heteroatoms. The summed E-state index contributed by atoms with van der Waals surface area (Å²) in [5, 5.41) is 4.97. The molecule has 0 fully saturated rings. The summed E-state index contributed by atoms with van der Waals surface area (Å²) in [6, 6.07) is 52.8. The second-order valence-corrected chi connectivity index (χ2v) is 13.4. The predicted octanol–water partition coefficient (Wildman–Crippen LogP) is 11.5. The molecule has 0 saturated heterocycles. The lowest BCUT2D eigenvalue weighted by molar-refractivity contribution is 0.520. The molecule has 0 spiro atoms. The zero-order valence-corrected chi connectivity index (χ0v) is 27.2. The number of benzene rings is 6. The average Bonchev–Trinajstić information content (AvgIpc) is 3.68. The van der Waals surface area contributed by atoms with Gasteiger partial charge in [-0.2, -0.15) is 0 Å². The van der Waals surface area contributed by atoms with E-state index in [0.717, 1.165) is 22.6 Å². The Morgan fingerprint density at radius 1 is 0.531 bits per heavy atom. The van der Waals surface area contributed by atoms with Crippen molar-refractivity contribution in [1.82, 2.24) is 9.13 Å². The highest BCUT2D eigenvalue weighted by Gasteiger charge is 2.39. The zero-order chi connectivity index (χ0) is 32.5. The highest BCUT2D eigenvalue weighted by Crippen LogP contribution is 2.44. The van der Waals surface area contributed by atoms with E-state index >= 15 is 0 Å². The highest BCUT2D eigenvalue weighted by molar-refractivity contribution is 6.14. The van der Waals surface area contributed by atoms with E-state index in [1.165, 1.54) is 55.0 Å². The van der Waals surface area contributed by atoms with Crippen LogP contribution in [-0.2, 0) is 5.41 Å². The number of hydrogen-bond acceptors (Lipinski definition) is 1. The number of rotatable bonds is 4. The Bertz CT molecular complexity index is 2720. The average molecular weight is 628 g/mol. The van der Waals surface area contributed by atoms with Gasteiger partial charge in [0.1, 0.15) is 5.82 Å². The normalized spacial score (nSPS) is 18.7. The molecule has 0 amide bonds.